The van der Waals surface area contributed by atoms with Gasteiger partial charge in [-0.05, 0) is 63.2 Å². The van der Waals surface area contributed by atoms with Crippen molar-refractivity contribution in [2.75, 3.05) is 24.2 Å². The normalized spacial score (nSPS) is 12.0. The minimum absolute atomic E-state index is 0.0746. The molecular weight excluding hydrogens is 385 g/mol. The maximum atomic E-state index is 12.5. The molecular formula is C20H23Cl2N3O2. The molecule has 0 spiro atoms. The Balaban J connectivity index is 1.96. The van der Waals surface area contributed by atoms with Crippen molar-refractivity contribution in [1.29, 1.82) is 0 Å². The quantitative estimate of drug-likeness (QED) is 0.740. The molecule has 0 heterocycles. The number of nitrogens with zero attached hydrogens (tertiary/aromatic N) is 1. The number of hydrogen-bond acceptors (Lipinski definition) is 3. The van der Waals surface area contributed by atoms with Crippen LogP contribution in [0.4, 0.5) is 11.4 Å². The minimum Gasteiger partial charge on any atom is -0.325 e. The summed E-state index contributed by atoms with van der Waals surface area (Å²) in [5.41, 5.74) is 3.34. The van der Waals surface area contributed by atoms with Crippen molar-refractivity contribution >= 4 is 46.4 Å². The lowest BCUT2D eigenvalue weighted by atomic mass is 10.1. The molecule has 144 valence electrons. The van der Waals surface area contributed by atoms with E-state index in [0.29, 0.717) is 15.7 Å². The number of aryl methyl sites for hydroxylation is 1. The van der Waals surface area contributed by atoms with Crippen LogP contribution in [0.5, 0.6) is 0 Å². The Labute approximate surface area is 169 Å². The highest BCUT2D eigenvalue weighted by molar-refractivity contribution is 6.35. The molecule has 0 saturated heterocycles. The number of carbonyl (C=O) groups is 2. The van der Waals surface area contributed by atoms with Crippen LogP contribution in [0.15, 0.2) is 36.4 Å². The van der Waals surface area contributed by atoms with Crippen LogP contribution >= 0.6 is 23.2 Å². The largest absolute Gasteiger partial charge is 0.325 e. The van der Waals surface area contributed by atoms with Crippen LogP contribution in [0.3, 0.4) is 0 Å². The number of benzene rings is 2. The fourth-order valence-corrected chi connectivity index (χ4v) is 2.81. The summed E-state index contributed by atoms with van der Waals surface area (Å²) >= 11 is 12.0. The number of hydrogen-bond donors (Lipinski definition) is 2. The Kier molecular flexibility index (Phi) is 7.25. The van der Waals surface area contributed by atoms with Crippen molar-refractivity contribution in [2.45, 2.75) is 26.8 Å². The van der Waals surface area contributed by atoms with E-state index in [9.17, 15) is 9.59 Å². The molecule has 0 radical (unpaired) electrons. The lowest BCUT2D eigenvalue weighted by Gasteiger charge is -2.23. The summed E-state index contributed by atoms with van der Waals surface area (Å²) < 4.78 is 0. The molecule has 0 aliphatic rings. The van der Waals surface area contributed by atoms with E-state index >= 15 is 0 Å². The fraction of sp³-hybridized carbons (Fsp3) is 0.300. The smallest absolute Gasteiger partial charge is 0.241 e. The molecule has 0 fully saturated rings. The molecule has 2 aromatic carbocycles. The van der Waals surface area contributed by atoms with Crippen molar-refractivity contribution in [1.82, 2.24) is 4.90 Å². The summed E-state index contributed by atoms with van der Waals surface area (Å²) in [6.07, 6.45) is 0. The van der Waals surface area contributed by atoms with Gasteiger partial charge >= 0.3 is 0 Å². The van der Waals surface area contributed by atoms with E-state index in [4.69, 9.17) is 23.2 Å². The Hall–Kier alpha value is -2.08. The second-order valence-corrected chi connectivity index (χ2v) is 7.34. The van der Waals surface area contributed by atoms with Gasteiger partial charge in [-0.3, -0.25) is 14.5 Å². The van der Waals surface area contributed by atoms with E-state index < -0.39 is 6.04 Å². The summed E-state index contributed by atoms with van der Waals surface area (Å²) in [5.74, 6) is -0.465. The van der Waals surface area contributed by atoms with E-state index in [2.05, 4.69) is 10.6 Å². The highest BCUT2D eigenvalue weighted by Gasteiger charge is 2.21. The molecule has 0 unspecified atom stereocenters. The fourth-order valence-electron chi connectivity index (χ4n) is 2.47. The Morgan fingerprint density at radius 1 is 1.07 bits per heavy atom. The molecule has 0 saturated carbocycles. The predicted molar refractivity (Wildman–Crippen MR) is 112 cm³/mol. The Morgan fingerprint density at radius 3 is 2.48 bits per heavy atom. The number of anilines is 2. The zero-order valence-electron chi connectivity index (χ0n) is 15.8. The lowest BCUT2D eigenvalue weighted by molar-refractivity contribution is -0.122. The van der Waals surface area contributed by atoms with Gasteiger partial charge in [0, 0.05) is 10.7 Å². The van der Waals surface area contributed by atoms with Gasteiger partial charge in [0.2, 0.25) is 11.8 Å². The minimum atomic E-state index is -0.538. The molecule has 2 rings (SSSR count). The number of carbonyl (C=O) groups excluding carboxylic acids is 2. The number of halogens is 2. The van der Waals surface area contributed by atoms with Gasteiger partial charge in [-0.25, -0.2) is 0 Å². The summed E-state index contributed by atoms with van der Waals surface area (Å²) in [6.45, 7) is 5.74. The van der Waals surface area contributed by atoms with Gasteiger partial charge in [-0.2, -0.15) is 0 Å². The summed E-state index contributed by atoms with van der Waals surface area (Å²) in [6, 6.07) is 10.1. The van der Waals surface area contributed by atoms with Crippen LogP contribution in [0, 0.1) is 13.8 Å². The topological polar surface area (TPSA) is 61.4 Å². The number of likely N-dealkylation sites (N-methyl/N-ethyl adjacent to an activating group) is 1. The molecule has 5 nitrogen and oxygen atoms in total. The second-order valence-electron chi connectivity index (χ2n) is 6.50. The summed E-state index contributed by atoms with van der Waals surface area (Å²) in [7, 11) is 1.71. The van der Waals surface area contributed by atoms with Gasteiger partial charge in [0.25, 0.3) is 0 Å². The maximum Gasteiger partial charge on any atom is 0.241 e. The standard InChI is InChI=1S/C20H23Cl2N3O2/c1-12-6-5-7-17(13(12)2)23-19(26)11-25(4)14(3)20(27)24-18-10-15(21)8-9-16(18)22/h5-10,14H,11H2,1-4H3,(H,23,26)(H,24,27)/t14-/m1/s1. The SMILES string of the molecule is Cc1cccc(NC(=O)CN(C)[C@H](C)C(=O)Nc2cc(Cl)ccc2Cl)c1C. The van der Waals surface area contributed by atoms with Gasteiger partial charge in [0.1, 0.15) is 0 Å². The third kappa shape index (κ3) is 5.70. The van der Waals surface area contributed by atoms with Crippen molar-refractivity contribution in [3.8, 4) is 0 Å². The summed E-state index contributed by atoms with van der Waals surface area (Å²) in [5, 5.41) is 6.51. The molecule has 0 aliphatic carbocycles. The van der Waals surface area contributed by atoms with Gasteiger partial charge in [0.15, 0.2) is 0 Å². The van der Waals surface area contributed by atoms with Crippen LogP contribution in [0.25, 0.3) is 0 Å². The molecule has 27 heavy (non-hydrogen) atoms. The van der Waals surface area contributed by atoms with Crippen molar-refractivity contribution in [3.05, 3.63) is 57.6 Å². The average molecular weight is 408 g/mol. The summed E-state index contributed by atoms with van der Waals surface area (Å²) in [4.78, 5) is 26.5. The molecule has 1 atom stereocenters. The van der Waals surface area contributed by atoms with E-state index in [1.54, 1.807) is 37.1 Å². The molecule has 2 N–H and O–H groups in total. The molecule has 7 heteroatoms. The third-order valence-electron chi connectivity index (χ3n) is 4.50. The lowest BCUT2D eigenvalue weighted by Crippen LogP contribution is -2.43. The molecule has 0 bridgehead atoms. The van der Waals surface area contributed by atoms with Gasteiger partial charge in [-0.1, -0.05) is 35.3 Å². The van der Waals surface area contributed by atoms with Gasteiger partial charge < -0.3 is 10.6 Å². The maximum absolute atomic E-state index is 12.5. The van der Waals surface area contributed by atoms with Crippen LogP contribution in [-0.4, -0.2) is 36.3 Å². The number of nitrogens with one attached hydrogen (secondary N) is 2. The first-order chi connectivity index (χ1) is 12.7. The first-order valence-corrected chi connectivity index (χ1v) is 9.27. The Morgan fingerprint density at radius 2 is 1.78 bits per heavy atom. The van der Waals surface area contributed by atoms with Crippen molar-refractivity contribution in [3.63, 3.8) is 0 Å². The number of amides is 2. The van der Waals surface area contributed by atoms with Crippen molar-refractivity contribution < 1.29 is 9.59 Å². The monoisotopic (exact) mass is 407 g/mol. The first-order valence-electron chi connectivity index (χ1n) is 8.51. The highest BCUT2D eigenvalue weighted by atomic mass is 35.5. The van der Waals surface area contributed by atoms with Crippen molar-refractivity contribution in [2.24, 2.45) is 0 Å². The van der Waals surface area contributed by atoms with Crippen LogP contribution in [0.2, 0.25) is 10.0 Å². The van der Waals surface area contributed by atoms with E-state index in [0.717, 1.165) is 16.8 Å². The first kappa shape index (κ1) is 21.2. The van der Waals surface area contributed by atoms with E-state index in [1.807, 2.05) is 32.0 Å². The van der Waals surface area contributed by atoms with Crippen LogP contribution < -0.4 is 10.6 Å². The number of rotatable bonds is 6. The second kappa shape index (κ2) is 9.22. The molecule has 0 aliphatic heterocycles. The van der Waals surface area contributed by atoms with Gasteiger partial charge in [0.05, 0.1) is 23.3 Å². The van der Waals surface area contributed by atoms with E-state index in [1.165, 1.54) is 0 Å². The third-order valence-corrected chi connectivity index (χ3v) is 5.06. The van der Waals surface area contributed by atoms with E-state index in [-0.39, 0.29) is 18.4 Å². The molecule has 2 aromatic rings. The average Bonchev–Trinajstić information content (AvgIpc) is 2.61. The zero-order valence-corrected chi connectivity index (χ0v) is 17.3. The highest BCUT2D eigenvalue weighted by Crippen LogP contribution is 2.25. The molecule has 2 amide bonds. The Bertz CT molecular complexity index is 855. The van der Waals surface area contributed by atoms with Crippen LogP contribution in [-0.2, 0) is 9.59 Å². The van der Waals surface area contributed by atoms with Gasteiger partial charge in [-0.15, -0.1) is 0 Å². The zero-order chi connectivity index (χ0) is 20.1. The molecule has 0 aromatic heterocycles. The van der Waals surface area contributed by atoms with Crippen LogP contribution in [0.1, 0.15) is 18.1 Å². The predicted octanol–water partition coefficient (Wildman–Crippen LogP) is 4.51.